The number of ether oxygens (including phenoxy) is 1. The molecule has 0 radical (unpaired) electrons. The summed E-state index contributed by atoms with van der Waals surface area (Å²) in [5.74, 6) is -0.0621. The van der Waals surface area contributed by atoms with Crippen molar-refractivity contribution in [2.24, 2.45) is 0 Å². The quantitative estimate of drug-likeness (QED) is 0.299. The molecule has 0 bridgehead atoms. The van der Waals surface area contributed by atoms with E-state index in [1.165, 1.54) is 30.0 Å². The fraction of sp³-hybridized carbons (Fsp3) is 0.0800. The Morgan fingerprint density at radius 3 is 2.54 bits per heavy atom. The van der Waals surface area contributed by atoms with Crippen LogP contribution in [0.4, 0.5) is 11.5 Å². The number of anilines is 1. The number of hydrogen-bond donors (Lipinski definition) is 1. The van der Waals surface area contributed by atoms with Crippen LogP contribution < -0.4 is 15.5 Å². The fourth-order valence-electron chi connectivity index (χ4n) is 3.54. The molecule has 0 aliphatic carbocycles. The van der Waals surface area contributed by atoms with Crippen LogP contribution in [-0.4, -0.2) is 27.7 Å². The smallest absolute Gasteiger partial charge is 0.270 e. The average Bonchev–Trinajstić information content (AvgIpc) is 2.86. The van der Waals surface area contributed by atoms with E-state index >= 15 is 0 Å². The molecule has 0 spiro atoms. The van der Waals surface area contributed by atoms with Gasteiger partial charge in [0.2, 0.25) is 5.43 Å². The Hall–Kier alpha value is -4.50. The maximum absolute atomic E-state index is 13.3. The first-order valence-electron chi connectivity index (χ1n) is 10.4. The predicted octanol–water partition coefficient (Wildman–Crippen LogP) is 5.03. The van der Waals surface area contributed by atoms with Crippen molar-refractivity contribution in [2.45, 2.75) is 6.92 Å². The summed E-state index contributed by atoms with van der Waals surface area (Å²) in [5.41, 5.74) is 0.766. The van der Waals surface area contributed by atoms with E-state index < -0.39 is 16.3 Å². The number of aromatic nitrogens is 2. The second kappa shape index (κ2) is 9.78. The van der Waals surface area contributed by atoms with Crippen LogP contribution in [0.5, 0.6) is 5.75 Å². The summed E-state index contributed by atoms with van der Waals surface area (Å²) in [4.78, 5) is 37.1. The predicted molar refractivity (Wildman–Crippen MR) is 133 cm³/mol. The molecule has 1 heterocycles. The van der Waals surface area contributed by atoms with Crippen LogP contribution in [0.15, 0.2) is 77.6 Å². The summed E-state index contributed by atoms with van der Waals surface area (Å²) in [7, 11) is 1.51. The number of nitro benzene ring substituents is 1. The van der Waals surface area contributed by atoms with Crippen molar-refractivity contribution in [1.29, 1.82) is 0 Å². The van der Waals surface area contributed by atoms with E-state index in [4.69, 9.17) is 16.3 Å². The van der Waals surface area contributed by atoms with Crippen LogP contribution in [0.1, 0.15) is 16.1 Å². The number of amides is 1. The molecule has 0 saturated heterocycles. The minimum absolute atomic E-state index is 0.0430. The second-order valence-corrected chi connectivity index (χ2v) is 7.96. The minimum Gasteiger partial charge on any atom is -0.497 e. The van der Waals surface area contributed by atoms with Crippen molar-refractivity contribution in [1.82, 2.24) is 9.78 Å². The highest BCUT2D eigenvalue weighted by atomic mass is 35.5. The van der Waals surface area contributed by atoms with Gasteiger partial charge in [-0.05, 0) is 48.9 Å². The van der Waals surface area contributed by atoms with Crippen molar-refractivity contribution in [3.63, 3.8) is 0 Å². The molecule has 0 aliphatic rings. The number of nitrogens with one attached hydrogen (secondary N) is 1. The van der Waals surface area contributed by atoms with Crippen LogP contribution in [0, 0.1) is 17.0 Å². The third-order valence-corrected chi connectivity index (χ3v) is 5.45. The van der Waals surface area contributed by atoms with Gasteiger partial charge in [0.1, 0.15) is 17.3 Å². The molecule has 35 heavy (non-hydrogen) atoms. The number of carbonyl (C=O) groups is 1. The number of hydrogen-bond acceptors (Lipinski definition) is 6. The standard InChI is InChI=1S/C25H19ClN4O5/c1-15-23(31)22(16-6-4-11-21(13-16)35-2)24(29(28-15)19-9-5-8-18(26)14-19)27-25(32)17-7-3-10-20(12-17)30(33)34/h3-14H,1-2H3,(H,27,32). The van der Waals surface area contributed by atoms with Crippen LogP contribution in [0.25, 0.3) is 16.8 Å². The Morgan fingerprint density at radius 2 is 1.83 bits per heavy atom. The zero-order valence-electron chi connectivity index (χ0n) is 18.7. The number of rotatable bonds is 6. The highest BCUT2D eigenvalue weighted by Crippen LogP contribution is 2.30. The molecule has 0 fully saturated rings. The normalized spacial score (nSPS) is 10.6. The first-order chi connectivity index (χ1) is 16.8. The summed E-state index contributed by atoms with van der Waals surface area (Å²) < 4.78 is 6.72. The first kappa shape index (κ1) is 23.7. The second-order valence-electron chi connectivity index (χ2n) is 7.52. The van der Waals surface area contributed by atoms with Gasteiger partial charge in [-0.3, -0.25) is 19.7 Å². The summed E-state index contributed by atoms with van der Waals surface area (Å²) in [6, 6.07) is 18.9. The Labute approximate surface area is 204 Å². The maximum Gasteiger partial charge on any atom is 0.270 e. The highest BCUT2D eigenvalue weighted by molar-refractivity contribution is 6.30. The molecule has 0 atom stereocenters. The SMILES string of the molecule is COc1cccc(-c2c(NC(=O)c3cccc([N+](=O)[O-])c3)n(-c3cccc(Cl)c3)nc(C)c2=O)c1. The minimum atomic E-state index is -0.654. The van der Waals surface area contributed by atoms with Gasteiger partial charge in [-0.15, -0.1) is 0 Å². The summed E-state index contributed by atoms with van der Waals surface area (Å²) in [6.07, 6.45) is 0. The topological polar surface area (TPSA) is 116 Å². The molecule has 10 heteroatoms. The lowest BCUT2D eigenvalue weighted by molar-refractivity contribution is -0.384. The number of non-ortho nitro benzene ring substituents is 1. The van der Waals surface area contributed by atoms with Gasteiger partial charge in [-0.1, -0.05) is 35.9 Å². The van der Waals surface area contributed by atoms with E-state index in [-0.39, 0.29) is 28.3 Å². The molecule has 1 N–H and O–H groups in total. The molecule has 4 rings (SSSR count). The molecule has 1 aromatic heterocycles. The Morgan fingerprint density at radius 1 is 1.09 bits per heavy atom. The third-order valence-electron chi connectivity index (χ3n) is 5.22. The van der Waals surface area contributed by atoms with E-state index in [1.807, 2.05) is 0 Å². The van der Waals surface area contributed by atoms with Crippen molar-refractivity contribution < 1.29 is 14.5 Å². The maximum atomic E-state index is 13.3. The monoisotopic (exact) mass is 490 g/mol. The molecule has 0 saturated carbocycles. The first-order valence-corrected chi connectivity index (χ1v) is 10.8. The van der Waals surface area contributed by atoms with Crippen LogP contribution >= 0.6 is 11.6 Å². The lowest BCUT2D eigenvalue weighted by atomic mass is 10.0. The van der Waals surface area contributed by atoms with Crippen LogP contribution in [0.2, 0.25) is 5.02 Å². The van der Waals surface area contributed by atoms with E-state index in [1.54, 1.807) is 55.5 Å². The van der Waals surface area contributed by atoms with Gasteiger partial charge in [-0.2, -0.15) is 5.10 Å². The number of methoxy groups -OCH3 is 1. The Bertz CT molecular complexity index is 1520. The van der Waals surface area contributed by atoms with E-state index in [0.717, 1.165) is 6.07 Å². The molecule has 3 aromatic carbocycles. The number of aryl methyl sites for hydroxylation is 1. The lowest BCUT2D eigenvalue weighted by Gasteiger charge is -2.19. The van der Waals surface area contributed by atoms with Gasteiger partial charge < -0.3 is 10.1 Å². The van der Waals surface area contributed by atoms with Crippen molar-refractivity contribution >= 4 is 29.0 Å². The molecule has 0 unspecified atom stereocenters. The average molecular weight is 491 g/mol. The lowest BCUT2D eigenvalue weighted by Crippen LogP contribution is -2.25. The highest BCUT2D eigenvalue weighted by Gasteiger charge is 2.22. The van der Waals surface area contributed by atoms with E-state index in [2.05, 4.69) is 10.4 Å². The largest absolute Gasteiger partial charge is 0.497 e. The zero-order valence-corrected chi connectivity index (χ0v) is 19.4. The molecule has 9 nitrogen and oxygen atoms in total. The van der Waals surface area contributed by atoms with Gasteiger partial charge >= 0.3 is 0 Å². The Balaban J connectivity index is 1.96. The van der Waals surface area contributed by atoms with Gasteiger partial charge in [0.15, 0.2) is 0 Å². The van der Waals surface area contributed by atoms with Gasteiger partial charge in [-0.25, -0.2) is 4.68 Å². The van der Waals surface area contributed by atoms with Crippen molar-refractivity contribution in [3.8, 4) is 22.6 Å². The molecular formula is C25H19ClN4O5. The molecule has 4 aromatic rings. The number of halogens is 1. The zero-order chi connectivity index (χ0) is 25.1. The Kier molecular flexibility index (Phi) is 6.61. The number of carbonyl (C=O) groups excluding carboxylic acids is 1. The third kappa shape index (κ3) is 4.90. The summed E-state index contributed by atoms with van der Waals surface area (Å²) in [5, 5.41) is 18.7. The van der Waals surface area contributed by atoms with E-state index in [9.17, 15) is 19.7 Å². The summed E-state index contributed by atoms with van der Waals surface area (Å²) >= 11 is 6.19. The number of nitrogens with zero attached hydrogens (tertiary/aromatic N) is 3. The molecule has 0 aliphatic heterocycles. The van der Waals surface area contributed by atoms with Crippen molar-refractivity contribution in [2.75, 3.05) is 12.4 Å². The van der Waals surface area contributed by atoms with Gasteiger partial charge in [0, 0.05) is 22.7 Å². The van der Waals surface area contributed by atoms with Gasteiger partial charge in [0.05, 0.1) is 23.3 Å². The van der Waals surface area contributed by atoms with Crippen molar-refractivity contribution in [3.05, 3.63) is 109 Å². The number of nitro groups is 1. The molecule has 176 valence electrons. The molecular weight excluding hydrogens is 472 g/mol. The van der Waals surface area contributed by atoms with Crippen LogP contribution in [-0.2, 0) is 0 Å². The van der Waals surface area contributed by atoms with Gasteiger partial charge in [0.25, 0.3) is 11.6 Å². The molecule has 1 amide bonds. The van der Waals surface area contributed by atoms with Crippen LogP contribution in [0.3, 0.4) is 0 Å². The summed E-state index contributed by atoms with van der Waals surface area (Å²) in [6.45, 7) is 1.57. The van der Waals surface area contributed by atoms with E-state index in [0.29, 0.717) is 22.0 Å². The fourth-order valence-corrected chi connectivity index (χ4v) is 3.72. The number of benzene rings is 3.